The zero-order valence-electron chi connectivity index (χ0n) is 10.4. The second-order valence-electron chi connectivity index (χ2n) is 3.49. The van der Waals surface area contributed by atoms with Crippen LogP contribution in [-0.2, 0) is 6.54 Å². The van der Waals surface area contributed by atoms with Crippen molar-refractivity contribution in [3.05, 3.63) is 18.2 Å². The number of aliphatic imine (C=N–C) groups is 1. The van der Waals surface area contributed by atoms with E-state index in [9.17, 15) is 0 Å². The van der Waals surface area contributed by atoms with Crippen LogP contribution in [0.3, 0.4) is 0 Å². The molecule has 1 rings (SSSR count). The summed E-state index contributed by atoms with van der Waals surface area (Å²) in [5.74, 6) is 4.28. The van der Waals surface area contributed by atoms with Crippen molar-refractivity contribution in [2.75, 3.05) is 19.6 Å². The Bertz CT molecular complexity index is 399. The number of rotatable bonds is 5. The van der Waals surface area contributed by atoms with Crippen LogP contribution in [0.1, 0.15) is 12.7 Å². The summed E-state index contributed by atoms with van der Waals surface area (Å²) in [5, 5.41) is 6.17. The summed E-state index contributed by atoms with van der Waals surface area (Å²) in [6.07, 6.45) is 8.93. The molecule has 0 aliphatic rings. The number of aromatic nitrogens is 2. The average Bonchev–Trinajstić information content (AvgIpc) is 2.72. The van der Waals surface area contributed by atoms with Gasteiger partial charge in [0.2, 0.25) is 0 Å². The predicted octanol–water partition coefficient (Wildman–Crippen LogP) is 0.380. The molecule has 0 aliphatic carbocycles. The van der Waals surface area contributed by atoms with Crippen LogP contribution in [0, 0.1) is 19.3 Å². The van der Waals surface area contributed by atoms with Crippen molar-refractivity contribution in [1.29, 1.82) is 0 Å². The molecular weight excluding hydrogens is 214 g/mol. The lowest BCUT2D eigenvalue weighted by Gasteiger charge is -2.09. The van der Waals surface area contributed by atoms with Gasteiger partial charge in [0.25, 0.3) is 0 Å². The molecule has 0 radical (unpaired) electrons. The SMILES string of the molecule is C#CCNC(=NCCn1ccnc1C)NCC. The van der Waals surface area contributed by atoms with Gasteiger partial charge in [-0.3, -0.25) is 4.99 Å². The maximum Gasteiger partial charge on any atom is 0.192 e. The fourth-order valence-corrected chi connectivity index (χ4v) is 1.39. The largest absolute Gasteiger partial charge is 0.357 e. The molecule has 0 aliphatic heterocycles. The molecule has 0 aromatic carbocycles. The van der Waals surface area contributed by atoms with Crippen molar-refractivity contribution in [2.45, 2.75) is 20.4 Å². The Morgan fingerprint density at radius 3 is 3.00 bits per heavy atom. The van der Waals surface area contributed by atoms with Crippen LogP contribution >= 0.6 is 0 Å². The zero-order valence-corrected chi connectivity index (χ0v) is 10.4. The fourth-order valence-electron chi connectivity index (χ4n) is 1.39. The van der Waals surface area contributed by atoms with E-state index in [1.54, 1.807) is 6.20 Å². The van der Waals surface area contributed by atoms with E-state index in [0.717, 1.165) is 24.9 Å². The molecule has 1 aromatic heterocycles. The van der Waals surface area contributed by atoms with Gasteiger partial charge in [-0.15, -0.1) is 6.42 Å². The highest BCUT2D eigenvalue weighted by atomic mass is 15.2. The molecule has 5 heteroatoms. The molecule has 0 amide bonds. The van der Waals surface area contributed by atoms with Gasteiger partial charge in [-0.05, 0) is 13.8 Å². The molecule has 17 heavy (non-hydrogen) atoms. The van der Waals surface area contributed by atoms with Gasteiger partial charge in [0, 0.05) is 25.5 Å². The molecule has 1 heterocycles. The molecule has 0 atom stereocenters. The third-order valence-electron chi connectivity index (χ3n) is 2.24. The van der Waals surface area contributed by atoms with Crippen LogP contribution in [0.4, 0.5) is 0 Å². The van der Waals surface area contributed by atoms with Crippen molar-refractivity contribution in [1.82, 2.24) is 20.2 Å². The topological polar surface area (TPSA) is 54.2 Å². The minimum absolute atomic E-state index is 0.482. The number of hydrogen-bond acceptors (Lipinski definition) is 2. The van der Waals surface area contributed by atoms with E-state index >= 15 is 0 Å². The minimum atomic E-state index is 0.482. The van der Waals surface area contributed by atoms with Crippen LogP contribution in [-0.4, -0.2) is 35.1 Å². The molecule has 0 saturated heterocycles. The number of aryl methyl sites for hydroxylation is 1. The van der Waals surface area contributed by atoms with E-state index in [1.165, 1.54) is 0 Å². The van der Waals surface area contributed by atoms with E-state index in [-0.39, 0.29) is 0 Å². The number of imidazole rings is 1. The summed E-state index contributed by atoms with van der Waals surface area (Å²) < 4.78 is 2.06. The fraction of sp³-hybridized carbons (Fsp3) is 0.500. The highest BCUT2D eigenvalue weighted by molar-refractivity contribution is 5.79. The highest BCUT2D eigenvalue weighted by Gasteiger charge is 1.97. The Morgan fingerprint density at radius 2 is 2.41 bits per heavy atom. The number of nitrogens with one attached hydrogen (secondary N) is 2. The van der Waals surface area contributed by atoms with Gasteiger partial charge >= 0.3 is 0 Å². The van der Waals surface area contributed by atoms with E-state index in [0.29, 0.717) is 13.1 Å². The molecule has 0 spiro atoms. The van der Waals surface area contributed by atoms with Crippen LogP contribution in [0.2, 0.25) is 0 Å². The Morgan fingerprint density at radius 1 is 1.59 bits per heavy atom. The highest BCUT2D eigenvalue weighted by Crippen LogP contribution is 1.94. The van der Waals surface area contributed by atoms with Crippen LogP contribution in [0.5, 0.6) is 0 Å². The minimum Gasteiger partial charge on any atom is -0.357 e. The smallest absolute Gasteiger partial charge is 0.192 e. The first-order valence-electron chi connectivity index (χ1n) is 5.71. The van der Waals surface area contributed by atoms with Gasteiger partial charge in [0.15, 0.2) is 5.96 Å². The summed E-state index contributed by atoms with van der Waals surface area (Å²) in [6, 6.07) is 0. The van der Waals surface area contributed by atoms with Gasteiger partial charge in [0.1, 0.15) is 5.82 Å². The zero-order chi connectivity index (χ0) is 12.5. The maximum absolute atomic E-state index is 5.19. The van der Waals surface area contributed by atoms with Crippen molar-refractivity contribution in [3.8, 4) is 12.3 Å². The van der Waals surface area contributed by atoms with Crippen molar-refractivity contribution in [3.63, 3.8) is 0 Å². The van der Waals surface area contributed by atoms with Gasteiger partial charge in [-0.2, -0.15) is 0 Å². The molecule has 0 unspecified atom stereocenters. The summed E-state index contributed by atoms with van der Waals surface area (Å²) >= 11 is 0. The maximum atomic E-state index is 5.19. The lowest BCUT2D eigenvalue weighted by atomic mass is 10.5. The standard InChI is InChI=1S/C12H19N5/c1-4-6-15-12(13-5-2)16-8-10-17-9-7-14-11(17)3/h1,7,9H,5-6,8,10H2,2-3H3,(H2,13,15,16). The van der Waals surface area contributed by atoms with E-state index in [4.69, 9.17) is 6.42 Å². The molecule has 5 nitrogen and oxygen atoms in total. The van der Waals surface area contributed by atoms with E-state index in [1.807, 2.05) is 20.0 Å². The first-order chi connectivity index (χ1) is 8.27. The first-order valence-corrected chi connectivity index (χ1v) is 5.71. The van der Waals surface area contributed by atoms with Gasteiger partial charge < -0.3 is 15.2 Å². The Kier molecular flexibility index (Phi) is 5.66. The molecule has 0 fully saturated rings. The second-order valence-corrected chi connectivity index (χ2v) is 3.49. The van der Waals surface area contributed by atoms with Gasteiger partial charge in [-0.1, -0.05) is 5.92 Å². The third kappa shape index (κ3) is 4.60. The Labute approximate surface area is 102 Å². The lowest BCUT2D eigenvalue weighted by Crippen LogP contribution is -2.37. The number of guanidine groups is 1. The van der Waals surface area contributed by atoms with Crippen molar-refractivity contribution < 1.29 is 0 Å². The molecule has 0 saturated carbocycles. The van der Waals surface area contributed by atoms with E-state index < -0.39 is 0 Å². The van der Waals surface area contributed by atoms with E-state index in [2.05, 4.69) is 31.1 Å². The van der Waals surface area contributed by atoms with Gasteiger partial charge in [-0.25, -0.2) is 4.98 Å². The number of terminal acetylenes is 1. The molecule has 92 valence electrons. The summed E-state index contributed by atoms with van der Waals surface area (Å²) in [4.78, 5) is 8.57. The third-order valence-corrected chi connectivity index (χ3v) is 2.24. The Hall–Kier alpha value is -1.96. The monoisotopic (exact) mass is 233 g/mol. The van der Waals surface area contributed by atoms with Gasteiger partial charge in [0.05, 0.1) is 13.1 Å². The summed E-state index contributed by atoms with van der Waals surface area (Å²) in [5.41, 5.74) is 0. The van der Waals surface area contributed by atoms with Crippen LogP contribution in [0.15, 0.2) is 17.4 Å². The molecular formula is C12H19N5. The summed E-state index contributed by atoms with van der Waals surface area (Å²) in [7, 11) is 0. The number of nitrogens with zero attached hydrogens (tertiary/aromatic N) is 3. The first kappa shape index (κ1) is 13.1. The average molecular weight is 233 g/mol. The van der Waals surface area contributed by atoms with Crippen LogP contribution in [0.25, 0.3) is 0 Å². The Balaban J connectivity index is 2.43. The predicted molar refractivity (Wildman–Crippen MR) is 69.8 cm³/mol. The molecule has 2 N–H and O–H groups in total. The van der Waals surface area contributed by atoms with Crippen molar-refractivity contribution in [2.24, 2.45) is 4.99 Å². The molecule has 1 aromatic rings. The normalized spacial score (nSPS) is 11.0. The summed E-state index contributed by atoms with van der Waals surface area (Å²) in [6.45, 7) is 6.81. The molecule has 0 bridgehead atoms. The van der Waals surface area contributed by atoms with Crippen molar-refractivity contribution >= 4 is 5.96 Å². The number of hydrogen-bond donors (Lipinski definition) is 2. The van der Waals surface area contributed by atoms with Crippen LogP contribution < -0.4 is 10.6 Å². The second kappa shape index (κ2) is 7.34. The lowest BCUT2D eigenvalue weighted by molar-refractivity contribution is 0.679. The quantitative estimate of drug-likeness (QED) is 0.439.